The molecule has 0 aliphatic heterocycles. The quantitative estimate of drug-likeness (QED) is 0.727. The lowest BCUT2D eigenvalue weighted by Gasteiger charge is -2.13. The molecule has 8 N–H and O–H groups in total. The number of rotatable bonds is 2. The van der Waals surface area contributed by atoms with Crippen LogP contribution < -0.4 is 16.9 Å². The molecule has 3 rings (SSSR count). The van der Waals surface area contributed by atoms with Gasteiger partial charge in [0.2, 0.25) is 0 Å². The smallest absolute Gasteiger partial charge is 0.325 e. The average Bonchev–Trinajstić information content (AvgIpc) is 2.53. The molecule has 0 radical (unpaired) electrons. The fourth-order valence-corrected chi connectivity index (χ4v) is 2.49. The first-order valence-corrected chi connectivity index (χ1v) is 7.21. The Balaban J connectivity index is 0.00000192. The van der Waals surface area contributed by atoms with Gasteiger partial charge in [0, 0.05) is 12.2 Å². The minimum atomic E-state index is 0. The van der Waals surface area contributed by atoms with E-state index < -0.39 is 0 Å². The zero-order valence-corrected chi connectivity index (χ0v) is 12.4. The first-order chi connectivity index (χ1) is 10.6. The van der Waals surface area contributed by atoms with Crippen LogP contribution in [0.15, 0.2) is 78.4 Å². The summed E-state index contributed by atoms with van der Waals surface area (Å²) in [5.41, 5.74) is 15.3. The van der Waals surface area contributed by atoms with E-state index in [1.54, 1.807) is 0 Å². The predicted molar refractivity (Wildman–Crippen MR) is 90.3 cm³/mol. The van der Waals surface area contributed by atoms with E-state index in [-0.39, 0.29) is 1.43 Å². The highest BCUT2D eigenvalue weighted by Crippen LogP contribution is 2.30. The van der Waals surface area contributed by atoms with E-state index in [0.717, 1.165) is 33.8 Å². The maximum Gasteiger partial charge on any atom is 1.00 e. The van der Waals surface area contributed by atoms with Gasteiger partial charge >= 0.3 is 1.43 Å². The molecule has 0 saturated heterocycles. The molecule has 0 bridgehead atoms. The van der Waals surface area contributed by atoms with Crippen LogP contribution in [0.4, 0.5) is 11.4 Å². The maximum atomic E-state index is 5.82. The Labute approximate surface area is 131 Å². The summed E-state index contributed by atoms with van der Waals surface area (Å²) in [5, 5.41) is 5.82. The molecular weight excluding hydrogens is 270 g/mol. The number of quaternary nitrogens is 2. The van der Waals surface area contributed by atoms with E-state index >= 15 is 0 Å². The van der Waals surface area contributed by atoms with E-state index in [0.29, 0.717) is 0 Å². The molecule has 2 aromatic rings. The van der Waals surface area contributed by atoms with Crippen LogP contribution in [0.2, 0.25) is 0 Å². The van der Waals surface area contributed by atoms with E-state index in [4.69, 9.17) is 5.41 Å². The van der Waals surface area contributed by atoms with Crippen LogP contribution in [0.3, 0.4) is 0 Å². The Bertz CT molecular complexity index is 732. The van der Waals surface area contributed by atoms with Crippen LogP contribution in [-0.2, 0) is 0 Å². The van der Waals surface area contributed by atoms with Crippen LogP contribution >= 0.6 is 0 Å². The molecule has 0 unspecified atom stereocenters. The van der Waals surface area contributed by atoms with Gasteiger partial charge in [0.25, 0.3) is 0 Å². The number of hydrogen-bond acceptors (Lipinski definition) is 0. The topological polar surface area (TPSA) is 80.9 Å². The van der Waals surface area contributed by atoms with Crippen molar-refractivity contribution in [2.75, 3.05) is 0 Å². The van der Waals surface area contributed by atoms with Crippen LogP contribution in [-0.4, -0.2) is 5.71 Å². The summed E-state index contributed by atoms with van der Waals surface area (Å²) in [5.74, 6) is 0. The number of hydrogen-bond donors (Lipinski definition) is 3. The van der Waals surface area contributed by atoms with Crippen molar-refractivity contribution in [2.24, 2.45) is 0 Å². The summed E-state index contributed by atoms with van der Waals surface area (Å²) < 4.78 is 0. The van der Waals surface area contributed by atoms with Gasteiger partial charge in [-0.05, 0) is 83.0 Å². The van der Waals surface area contributed by atoms with Crippen molar-refractivity contribution >= 4 is 22.7 Å². The van der Waals surface area contributed by atoms with Gasteiger partial charge < -0.3 is 11.5 Å². The molecule has 0 saturated carbocycles. The Morgan fingerprint density at radius 2 is 1.09 bits per heavy atom. The second kappa shape index (κ2) is 5.93. The molecule has 0 amide bonds. The molecule has 3 heteroatoms. The molecule has 0 atom stereocenters. The third kappa shape index (κ3) is 2.96. The molecule has 0 spiro atoms. The zero-order valence-electron chi connectivity index (χ0n) is 13.4. The molecule has 1 aliphatic carbocycles. The van der Waals surface area contributed by atoms with Gasteiger partial charge in [-0.2, -0.15) is 0 Å². The Hall–Kier alpha value is -2.75. The normalized spacial score (nSPS) is 13.5. The Kier molecular flexibility index (Phi) is 3.83. The highest BCUT2D eigenvalue weighted by Gasteiger charge is 2.12. The Morgan fingerprint density at radius 1 is 0.682 bits per heavy atom. The van der Waals surface area contributed by atoms with Crippen LogP contribution in [0.5, 0.6) is 0 Å². The highest BCUT2D eigenvalue weighted by molar-refractivity contribution is 6.03. The second-order valence-electron chi connectivity index (χ2n) is 5.39. The van der Waals surface area contributed by atoms with Crippen LogP contribution in [0.25, 0.3) is 5.57 Å². The van der Waals surface area contributed by atoms with Crippen molar-refractivity contribution in [2.45, 2.75) is 0 Å². The molecule has 1 aliphatic rings. The molecule has 0 heterocycles. The molecule has 3 nitrogen and oxygen atoms in total. The third-order valence-corrected chi connectivity index (χ3v) is 3.68. The van der Waals surface area contributed by atoms with Gasteiger partial charge in [-0.3, -0.25) is 5.41 Å². The number of nitrogens with two attached hydrogens (primary N) is 1. The third-order valence-electron chi connectivity index (χ3n) is 3.68. The fraction of sp³-hybridized carbons (Fsp3) is 0. The summed E-state index contributed by atoms with van der Waals surface area (Å²) in [6, 6.07) is 16.5. The van der Waals surface area contributed by atoms with Gasteiger partial charge in [0.05, 0.1) is 0 Å². The molecular formula is C19H21N3+4. The van der Waals surface area contributed by atoms with Crippen LogP contribution in [0, 0.1) is 0 Å². The highest BCUT2D eigenvalue weighted by atomic mass is 14.5. The predicted octanol–water partition coefficient (Wildman–Crippen LogP) is 0.674. The standard InChI is InChI=1S/C19H17N3/c20-16-7-1-13(2-8-16)19(14-3-9-17(21)10-4-14)15-5-11-18(22)12-6-15/h1-12,20H,21-22H2/p+4. The van der Waals surface area contributed by atoms with Crippen molar-refractivity contribution in [3.05, 3.63) is 89.5 Å². The largest absolute Gasteiger partial charge is 1.00 e. The zero-order chi connectivity index (χ0) is 15.5. The SMILES string of the molecule is [H+].[NH2+]=C1C=CC(=C(c2ccc([NH3+])cc2)c2ccc([NH3+])cc2)C=C1. The molecule has 0 aromatic heterocycles. The Morgan fingerprint density at radius 3 is 1.50 bits per heavy atom. The van der Waals surface area contributed by atoms with Gasteiger partial charge in [-0.15, -0.1) is 0 Å². The van der Waals surface area contributed by atoms with Crippen molar-refractivity contribution < 1.29 is 18.3 Å². The maximum absolute atomic E-state index is 5.82. The second-order valence-corrected chi connectivity index (χ2v) is 5.39. The number of benzene rings is 2. The summed E-state index contributed by atoms with van der Waals surface area (Å²) in [7, 11) is 0. The van der Waals surface area contributed by atoms with E-state index in [1.807, 2.05) is 36.4 Å². The average molecular weight is 291 g/mol. The monoisotopic (exact) mass is 291 g/mol. The first-order valence-electron chi connectivity index (χ1n) is 7.21. The van der Waals surface area contributed by atoms with Crippen LogP contribution in [0.1, 0.15) is 12.6 Å². The number of allylic oxidation sites excluding steroid dienone is 5. The van der Waals surface area contributed by atoms with Crippen molar-refractivity contribution in [1.82, 2.24) is 0 Å². The van der Waals surface area contributed by atoms with Gasteiger partial charge in [0.1, 0.15) is 11.4 Å². The lowest BCUT2D eigenvalue weighted by atomic mass is 9.90. The van der Waals surface area contributed by atoms with Gasteiger partial charge in [-0.25, -0.2) is 0 Å². The lowest BCUT2D eigenvalue weighted by molar-refractivity contribution is -0.255. The minimum absolute atomic E-state index is 0. The van der Waals surface area contributed by atoms with Crippen molar-refractivity contribution in [3.8, 4) is 0 Å². The molecule has 0 fully saturated rings. The van der Waals surface area contributed by atoms with Gasteiger partial charge in [-0.1, -0.05) is 0 Å². The minimum Gasteiger partial charge on any atom is -0.325 e. The van der Waals surface area contributed by atoms with Gasteiger partial charge in [0.15, 0.2) is 5.71 Å². The van der Waals surface area contributed by atoms with E-state index in [1.165, 1.54) is 5.57 Å². The van der Waals surface area contributed by atoms with Crippen molar-refractivity contribution in [3.63, 3.8) is 0 Å². The summed E-state index contributed by atoms with van der Waals surface area (Å²) in [6.07, 6.45) is 7.98. The summed E-state index contributed by atoms with van der Waals surface area (Å²) in [6.45, 7) is 0. The lowest BCUT2D eigenvalue weighted by Crippen LogP contribution is -2.39. The van der Waals surface area contributed by atoms with Crippen molar-refractivity contribution in [1.29, 1.82) is 0 Å². The summed E-state index contributed by atoms with van der Waals surface area (Å²) >= 11 is 0. The van der Waals surface area contributed by atoms with E-state index in [2.05, 4.69) is 47.9 Å². The summed E-state index contributed by atoms with van der Waals surface area (Å²) in [4.78, 5) is 0. The molecule has 108 valence electrons. The first kappa shape index (κ1) is 14.2. The fourth-order valence-electron chi connectivity index (χ4n) is 2.49. The molecule has 22 heavy (non-hydrogen) atoms. The van der Waals surface area contributed by atoms with E-state index in [9.17, 15) is 0 Å². The molecule has 2 aromatic carbocycles.